The maximum absolute atomic E-state index is 13.7. The standard InChI is InChI=1S/C23H20F2N4O3/c24-16-8-14(9-17(25)12-16)15-10-19-18(20(30)11-15)13-26-23(27-19)29-5-3-28(4-6-29)22(31)21-2-1-7-32-21/h1-2,7-9,12-13,15H,3-6,10-11H2/t15-/m1/s1. The van der Waals surface area contributed by atoms with E-state index < -0.39 is 11.6 Å². The molecule has 7 nitrogen and oxygen atoms in total. The minimum Gasteiger partial charge on any atom is -0.459 e. The van der Waals surface area contributed by atoms with E-state index in [1.165, 1.54) is 24.6 Å². The summed E-state index contributed by atoms with van der Waals surface area (Å²) >= 11 is 0. The molecule has 164 valence electrons. The summed E-state index contributed by atoms with van der Waals surface area (Å²) in [5, 5.41) is 0. The molecule has 0 N–H and O–H groups in total. The summed E-state index contributed by atoms with van der Waals surface area (Å²) in [5.41, 5.74) is 1.48. The van der Waals surface area contributed by atoms with Crippen LogP contribution < -0.4 is 4.90 Å². The Labute approximate surface area is 182 Å². The average Bonchev–Trinajstić information content (AvgIpc) is 3.33. The van der Waals surface area contributed by atoms with E-state index in [1.54, 1.807) is 17.0 Å². The second-order valence-corrected chi connectivity index (χ2v) is 8.02. The lowest BCUT2D eigenvalue weighted by atomic mass is 9.82. The van der Waals surface area contributed by atoms with Crippen LogP contribution in [0.3, 0.4) is 0 Å². The molecular weight excluding hydrogens is 418 g/mol. The Morgan fingerprint density at radius 2 is 1.81 bits per heavy atom. The SMILES string of the molecule is O=C1C[C@H](c2cc(F)cc(F)c2)Cc2nc(N3CCN(C(=O)c4ccco4)CC3)ncc21. The van der Waals surface area contributed by atoms with Gasteiger partial charge in [0, 0.05) is 44.9 Å². The summed E-state index contributed by atoms with van der Waals surface area (Å²) in [6.45, 7) is 2.06. The maximum atomic E-state index is 13.7. The third-order valence-electron chi connectivity index (χ3n) is 5.96. The van der Waals surface area contributed by atoms with Gasteiger partial charge >= 0.3 is 0 Å². The molecule has 0 saturated carbocycles. The van der Waals surface area contributed by atoms with Crippen LogP contribution in [0.2, 0.25) is 0 Å². The number of fused-ring (bicyclic) bond motifs is 1. The summed E-state index contributed by atoms with van der Waals surface area (Å²) in [4.78, 5) is 37.7. The molecule has 2 aliphatic rings. The number of benzene rings is 1. The Morgan fingerprint density at radius 3 is 2.50 bits per heavy atom. The first-order chi connectivity index (χ1) is 15.5. The molecule has 5 rings (SSSR count). The van der Waals surface area contributed by atoms with Gasteiger partial charge in [-0.3, -0.25) is 9.59 Å². The minimum absolute atomic E-state index is 0.138. The average molecular weight is 438 g/mol. The summed E-state index contributed by atoms with van der Waals surface area (Å²) in [5.74, 6) is -1.18. The number of halogens is 2. The molecule has 0 unspecified atom stereocenters. The van der Waals surface area contributed by atoms with Crippen LogP contribution in [0.5, 0.6) is 0 Å². The predicted octanol–water partition coefficient (Wildman–Crippen LogP) is 3.22. The van der Waals surface area contributed by atoms with Crippen molar-refractivity contribution in [3.05, 3.63) is 77.0 Å². The molecule has 32 heavy (non-hydrogen) atoms. The number of furan rings is 1. The molecule has 9 heteroatoms. The zero-order valence-corrected chi connectivity index (χ0v) is 17.1. The lowest BCUT2D eigenvalue weighted by molar-refractivity contribution is 0.0714. The number of carbonyl (C=O) groups excluding carboxylic acids is 2. The highest BCUT2D eigenvalue weighted by molar-refractivity contribution is 5.98. The molecule has 0 bridgehead atoms. The molecular formula is C23H20F2N4O3. The highest BCUT2D eigenvalue weighted by Crippen LogP contribution is 2.33. The van der Waals surface area contributed by atoms with E-state index in [2.05, 4.69) is 9.97 Å². The van der Waals surface area contributed by atoms with Crippen molar-refractivity contribution in [1.82, 2.24) is 14.9 Å². The number of amides is 1. The summed E-state index contributed by atoms with van der Waals surface area (Å²) in [6, 6.07) is 6.67. The normalized spacial score (nSPS) is 18.6. The van der Waals surface area contributed by atoms with E-state index in [-0.39, 0.29) is 24.0 Å². The first-order valence-electron chi connectivity index (χ1n) is 10.4. The Morgan fingerprint density at radius 1 is 1.06 bits per heavy atom. The molecule has 1 aromatic carbocycles. The number of anilines is 1. The molecule has 1 fully saturated rings. The largest absolute Gasteiger partial charge is 0.459 e. The van der Waals surface area contributed by atoms with Crippen LogP contribution in [0.4, 0.5) is 14.7 Å². The first kappa shape index (κ1) is 20.3. The first-order valence-corrected chi connectivity index (χ1v) is 10.4. The molecule has 2 aromatic heterocycles. The number of Topliss-reactive ketones (excluding diaryl/α,β-unsaturated/α-hetero) is 1. The summed E-state index contributed by atoms with van der Waals surface area (Å²) in [6.07, 6.45) is 3.56. The van der Waals surface area contributed by atoms with Gasteiger partial charge in [-0.15, -0.1) is 0 Å². The Kier molecular flexibility index (Phi) is 5.16. The fourth-order valence-corrected chi connectivity index (χ4v) is 4.30. The Bertz CT molecular complexity index is 1150. The number of hydrogen-bond donors (Lipinski definition) is 0. The van der Waals surface area contributed by atoms with Crippen molar-refractivity contribution < 1.29 is 22.8 Å². The van der Waals surface area contributed by atoms with Gasteiger partial charge in [0.15, 0.2) is 11.5 Å². The molecule has 0 spiro atoms. The fourth-order valence-electron chi connectivity index (χ4n) is 4.30. The van der Waals surface area contributed by atoms with Gasteiger partial charge in [-0.1, -0.05) is 0 Å². The number of rotatable bonds is 3. The lowest BCUT2D eigenvalue weighted by Gasteiger charge is -2.34. The lowest BCUT2D eigenvalue weighted by Crippen LogP contribution is -2.49. The predicted molar refractivity (Wildman–Crippen MR) is 111 cm³/mol. The van der Waals surface area contributed by atoms with Gasteiger partial charge in [0.1, 0.15) is 11.6 Å². The maximum Gasteiger partial charge on any atom is 0.289 e. The van der Waals surface area contributed by atoms with E-state index in [9.17, 15) is 18.4 Å². The molecule has 3 aromatic rings. The van der Waals surface area contributed by atoms with Crippen molar-refractivity contribution >= 4 is 17.6 Å². The van der Waals surface area contributed by atoms with Gasteiger partial charge < -0.3 is 14.2 Å². The second kappa shape index (κ2) is 8.14. The number of nitrogens with zero attached hydrogens (tertiary/aromatic N) is 4. The van der Waals surface area contributed by atoms with Gasteiger partial charge in [-0.2, -0.15) is 0 Å². The smallest absolute Gasteiger partial charge is 0.289 e. The Balaban J connectivity index is 1.32. The molecule has 3 heterocycles. The monoisotopic (exact) mass is 438 g/mol. The second-order valence-electron chi connectivity index (χ2n) is 8.02. The highest BCUT2D eigenvalue weighted by Gasteiger charge is 2.30. The van der Waals surface area contributed by atoms with E-state index >= 15 is 0 Å². The van der Waals surface area contributed by atoms with Gasteiger partial charge in [0.05, 0.1) is 17.5 Å². The van der Waals surface area contributed by atoms with Gasteiger partial charge in [-0.05, 0) is 42.2 Å². The summed E-state index contributed by atoms with van der Waals surface area (Å²) in [7, 11) is 0. The Hall–Kier alpha value is -3.62. The summed E-state index contributed by atoms with van der Waals surface area (Å²) < 4.78 is 32.5. The minimum atomic E-state index is -0.663. The van der Waals surface area contributed by atoms with Gasteiger partial charge in [-0.25, -0.2) is 18.7 Å². The molecule has 0 radical (unpaired) electrons. The third-order valence-corrected chi connectivity index (χ3v) is 5.96. The van der Waals surface area contributed by atoms with Crippen molar-refractivity contribution in [2.75, 3.05) is 31.1 Å². The number of aromatic nitrogens is 2. The van der Waals surface area contributed by atoms with Crippen LogP contribution in [0, 0.1) is 11.6 Å². The van der Waals surface area contributed by atoms with E-state index in [0.29, 0.717) is 61.1 Å². The van der Waals surface area contributed by atoms with Crippen LogP contribution >= 0.6 is 0 Å². The van der Waals surface area contributed by atoms with Crippen LogP contribution in [-0.4, -0.2) is 52.7 Å². The number of hydrogen-bond acceptors (Lipinski definition) is 6. The zero-order chi connectivity index (χ0) is 22.2. The van der Waals surface area contributed by atoms with Crippen LogP contribution in [0.1, 0.15) is 44.5 Å². The molecule has 1 atom stereocenters. The van der Waals surface area contributed by atoms with Gasteiger partial charge in [0.2, 0.25) is 5.95 Å². The fraction of sp³-hybridized carbons (Fsp3) is 0.304. The van der Waals surface area contributed by atoms with Crippen molar-refractivity contribution in [1.29, 1.82) is 0 Å². The van der Waals surface area contributed by atoms with Crippen molar-refractivity contribution in [2.24, 2.45) is 0 Å². The van der Waals surface area contributed by atoms with Crippen LogP contribution in [0.15, 0.2) is 47.2 Å². The van der Waals surface area contributed by atoms with E-state index in [1.807, 2.05) is 4.90 Å². The van der Waals surface area contributed by atoms with E-state index in [0.717, 1.165) is 6.07 Å². The van der Waals surface area contributed by atoms with Crippen LogP contribution in [0.25, 0.3) is 0 Å². The quantitative estimate of drug-likeness (QED) is 0.625. The number of ketones is 1. The number of piperazine rings is 1. The molecule has 1 saturated heterocycles. The van der Waals surface area contributed by atoms with Crippen LogP contribution in [-0.2, 0) is 6.42 Å². The molecule has 1 aliphatic heterocycles. The number of carbonyl (C=O) groups is 2. The third kappa shape index (κ3) is 3.86. The zero-order valence-electron chi connectivity index (χ0n) is 17.1. The van der Waals surface area contributed by atoms with Crippen molar-refractivity contribution in [2.45, 2.75) is 18.8 Å². The van der Waals surface area contributed by atoms with Crippen molar-refractivity contribution in [3.8, 4) is 0 Å². The highest BCUT2D eigenvalue weighted by atomic mass is 19.1. The van der Waals surface area contributed by atoms with Crippen molar-refractivity contribution in [3.63, 3.8) is 0 Å². The topological polar surface area (TPSA) is 79.5 Å². The van der Waals surface area contributed by atoms with Gasteiger partial charge in [0.25, 0.3) is 5.91 Å². The van der Waals surface area contributed by atoms with E-state index in [4.69, 9.17) is 4.42 Å². The molecule has 1 aliphatic carbocycles. The molecule has 1 amide bonds.